The number of rotatable bonds is 4. The molecule has 2 aromatic heterocycles. The fraction of sp³-hybridized carbons (Fsp3) is 0.357. The minimum Gasteiger partial charge on any atom is -0.464 e. The highest BCUT2D eigenvalue weighted by atomic mass is 35.5. The number of carbonyl (C=O) groups excluding carboxylic acids is 1. The topological polar surface area (TPSA) is 57.0 Å². The molecular weight excluding hydrogens is 313 g/mol. The second kappa shape index (κ2) is 6.45. The maximum atomic E-state index is 11.9. The smallest absolute Gasteiger partial charge is 0.354 e. The first-order valence-electron chi connectivity index (χ1n) is 6.39. The molecule has 7 heteroatoms. The minimum atomic E-state index is -0.404. The van der Waals surface area contributed by atoms with Crippen molar-refractivity contribution in [1.29, 1.82) is 0 Å². The first kappa shape index (κ1) is 15.8. The molecule has 0 saturated carbocycles. The lowest BCUT2D eigenvalue weighted by atomic mass is 10.2. The first-order valence-corrected chi connectivity index (χ1v) is 7.15. The second-order valence-electron chi connectivity index (χ2n) is 4.99. The van der Waals surface area contributed by atoms with Crippen LogP contribution in [0.15, 0.2) is 18.5 Å². The van der Waals surface area contributed by atoms with E-state index in [1.165, 1.54) is 13.3 Å². The van der Waals surface area contributed by atoms with Crippen LogP contribution in [0, 0.1) is 5.92 Å². The SMILES string of the molecule is COC(=O)c1cc(-c2nc(Cl)ncc2Cl)cn1CC(C)C. The monoisotopic (exact) mass is 327 g/mol. The van der Waals surface area contributed by atoms with E-state index >= 15 is 0 Å². The average molecular weight is 328 g/mol. The Hall–Kier alpha value is -1.59. The molecule has 2 aromatic rings. The third-order valence-electron chi connectivity index (χ3n) is 2.84. The molecule has 0 unspecified atom stereocenters. The number of methoxy groups -OCH3 is 1. The molecule has 0 atom stereocenters. The van der Waals surface area contributed by atoms with Gasteiger partial charge in [-0.3, -0.25) is 0 Å². The standard InChI is InChI=1S/C14H15Cl2N3O2/c1-8(2)6-19-7-9(4-11(19)13(20)21-3)12-10(15)5-17-14(16)18-12/h4-5,7-8H,6H2,1-3H3. The van der Waals surface area contributed by atoms with Gasteiger partial charge in [-0.15, -0.1) is 0 Å². The molecule has 0 fully saturated rings. The zero-order chi connectivity index (χ0) is 15.6. The van der Waals surface area contributed by atoms with E-state index in [2.05, 4.69) is 23.8 Å². The van der Waals surface area contributed by atoms with Crippen molar-refractivity contribution in [3.8, 4) is 11.3 Å². The molecule has 0 aliphatic heterocycles. The molecule has 0 bridgehead atoms. The fourth-order valence-electron chi connectivity index (χ4n) is 2.01. The predicted octanol–water partition coefficient (Wildman–Crippen LogP) is 3.69. The van der Waals surface area contributed by atoms with Gasteiger partial charge in [0.2, 0.25) is 5.28 Å². The second-order valence-corrected chi connectivity index (χ2v) is 5.73. The lowest BCUT2D eigenvalue weighted by Crippen LogP contribution is -2.12. The molecular formula is C14H15Cl2N3O2. The summed E-state index contributed by atoms with van der Waals surface area (Å²) >= 11 is 11.9. The molecule has 2 rings (SSSR count). The minimum absolute atomic E-state index is 0.102. The summed E-state index contributed by atoms with van der Waals surface area (Å²) in [5.74, 6) is -0.0312. The van der Waals surface area contributed by atoms with Crippen LogP contribution in [0.5, 0.6) is 0 Å². The van der Waals surface area contributed by atoms with Crippen LogP contribution in [0.25, 0.3) is 11.3 Å². The Morgan fingerprint density at radius 2 is 2.14 bits per heavy atom. The Morgan fingerprint density at radius 3 is 2.76 bits per heavy atom. The van der Waals surface area contributed by atoms with Gasteiger partial charge in [-0.25, -0.2) is 14.8 Å². The Kier molecular flexibility index (Phi) is 4.85. The van der Waals surface area contributed by atoms with Gasteiger partial charge in [-0.1, -0.05) is 25.4 Å². The molecule has 0 aliphatic rings. The maximum Gasteiger partial charge on any atom is 0.354 e. The van der Waals surface area contributed by atoms with Crippen LogP contribution in [0.1, 0.15) is 24.3 Å². The van der Waals surface area contributed by atoms with Crippen molar-refractivity contribution in [2.75, 3.05) is 7.11 Å². The molecule has 0 aromatic carbocycles. The van der Waals surface area contributed by atoms with E-state index in [1.54, 1.807) is 6.07 Å². The number of hydrogen-bond acceptors (Lipinski definition) is 4. The Bertz CT molecular complexity index is 668. The van der Waals surface area contributed by atoms with E-state index in [4.69, 9.17) is 27.9 Å². The molecule has 112 valence electrons. The summed E-state index contributed by atoms with van der Waals surface area (Å²) in [6.45, 7) is 4.81. The van der Waals surface area contributed by atoms with E-state index in [0.717, 1.165) is 0 Å². The zero-order valence-electron chi connectivity index (χ0n) is 11.9. The van der Waals surface area contributed by atoms with Crippen LogP contribution in [0.4, 0.5) is 0 Å². The van der Waals surface area contributed by atoms with Crippen LogP contribution in [0.3, 0.4) is 0 Å². The summed E-state index contributed by atoms with van der Waals surface area (Å²) in [4.78, 5) is 19.8. The third kappa shape index (κ3) is 3.54. The van der Waals surface area contributed by atoms with Crippen molar-refractivity contribution < 1.29 is 9.53 Å². The zero-order valence-corrected chi connectivity index (χ0v) is 13.4. The van der Waals surface area contributed by atoms with Crippen LogP contribution in [0.2, 0.25) is 10.3 Å². The average Bonchev–Trinajstić information content (AvgIpc) is 2.83. The largest absolute Gasteiger partial charge is 0.464 e. The van der Waals surface area contributed by atoms with Gasteiger partial charge in [0.15, 0.2) is 0 Å². The lowest BCUT2D eigenvalue weighted by Gasteiger charge is -2.09. The van der Waals surface area contributed by atoms with Gasteiger partial charge in [-0.05, 0) is 23.6 Å². The number of carbonyl (C=O) groups is 1. The van der Waals surface area contributed by atoms with Crippen molar-refractivity contribution in [2.24, 2.45) is 5.92 Å². The number of aromatic nitrogens is 3. The molecule has 0 aliphatic carbocycles. The molecule has 0 amide bonds. The van der Waals surface area contributed by atoms with Gasteiger partial charge in [0.05, 0.1) is 24.0 Å². The van der Waals surface area contributed by atoms with E-state index in [1.807, 2.05) is 10.8 Å². The van der Waals surface area contributed by atoms with Crippen LogP contribution < -0.4 is 0 Å². The molecule has 2 heterocycles. The van der Waals surface area contributed by atoms with Gasteiger partial charge in [0, 0.05) is 18.3 Å². The van der Waals surface area contributed by atoms with Crippen LogP contribution >= 0.6 is 23.2 Å². The quantitative estimate of drug-likeness (QED) is 0.634. The number of nitrogens with zero attached hydrogens (tertiary/aromatic N) is 3. The number of halogens is 2. The van der Waals surface area contributed by atoms with Gasteiger partial charge in [-0.2, -0.15) is 0 Å². The Labute approximate surface area is 132 Å². The van der Waals surface area contributed by atoms with Crippen molar-refractivity contribution in [1.82, 2.24) is 14.5 Å². The van der Waals surface area contributed by atoms with Crippen molar-refractivity contribution in [3.63, 3.8) is 0 Å². The highest BCUT2D eigenvalue weighted by molar-refractivity contribution is 6.33. The summed E-state index contributed by atoms with van der Waals surface area (Å²) in [7, 11) is 1.35. The number of hydrogen-bond donors (Lipinski definition) is 0. The van der Waals surface area contributed by atoms with E-state index in [0.29, 0.717) is 34.4 Å². The van der Waals surface area contributed by atoms with Crippen LogP contribution in [-0.2, 0) is 11.3 Å². The molecule has 0 N–H and O–H groups in total. The van der Waals surface area contributed by atoms with Gasteiger partial charge >= 0.3 is 5.97 Å². The predicted molar refractivity (Wildman–Crippen MR) is 81.7 cm³/mol. The van der Waals surface area contributed by atoms with Gasteiger partial charge < -0.3 is 9.30 Å². The Balaban J connectivity index is 2.52. The van der Waals surface area contributed by atoms with Gasteiger partial charge in [0.1, 0.15) is 5.69 Å². The van der Waals surface area contributed by atoms with Gasteiger partial charge in [0.25, 0.3) is 0 Å². The lowest BCUT2D eigenvalue weighted by molar-refractivity contribution is 0.0587. The van der Waals surface area contributed by atoms with E-state index in [9.17, 15) is 4.79 Å². The van der Waals surface area contributed by atoms with Crippen molar-refractivity contribution >= 4 is 29.2 Å². The summed E-state index contributed by atoms with van der Waals surface area (Å²) < 4.78 is 6.64. The summed E-state index contributed by atoms with van der Waals surface area (Å²) in [6.07, 6.45) is 3.25. The third-order valence-corrected chi connectivity index (χ3v) is 3.30. The molecule has 5 nitrogen and oxygen atoms in total. The summed E-state index contributed by atoms with van der Waals surface area (Å²) in [6, 6.07) is 1.69. The summed E-state index contributed by atoms with van der Waals surface area (Å²) in [5.41, 5.74) is 1.64. The van der Waals surface area contributed by atoms with E-state index < -0.39 is 5.97 Å². The van der Waals surface area contributed by atoms with Crippen LogP contribution in [-0.4, -0.2) is 27.6 Å². The fourth-order valence-corrected chi connectivity index (χ4v) is 2.34. The normalized spacial score (nSPS) is 11.0. The van der Waals surface area contributed by atoms with E-state index in [-0.39, 0.29) is 5.28 Å². The van der Waals surface area contributed by atoms with Crippen molar-refractivity contribution in [3.05, 3.63) is 34.5 Å². The molecule has 0 spiro atoms. The maximum absolute atomic E-state index is 11.9. The highest BCUT2D eigenvalue weighted by Gasteiger charge is 2.18. The highest BCUT2D eigenvalue weighted by Crippen LogP contribution is 2.28. The summed E-state index contributed by atoms with van der Waals surface area (Å²) in [5, 5.41) is 0.475. The molecule has 0 saturated heterocycles. The number of esters is 1. The van der Waals surface area contributed by atoms with Crippen molar-refractivity contribution in [2.45, 2.75) is 20.4 Å². The first-order chi connectivity index (χ1) is 9.92. The molecule has 21 heavy (non-hydrogen) atoms. The Morgan fingerprint density at radius 1 is 1.43 bits per heavy atom. The molecule has 0 radical (unpaired) electrons. The number of ether oxygens (including phenoxy) is 1.